The van der Waals surface area contributed by atoms with E-state index in [9.17, 15) is 0 Å². The van der Waals surface area contributed by atoms with E-state index in [-0.39, 0.29) is 0 Å². The van der Waals surface area contributed by atoms with E-state index < -0.39 is 0 Å². The van der Waals surface area contributed by atoms with Crippen LogP contribution in [-0.2, 0) is 0 Å². The first-order chi connectivity index (χ1) is 7.72. The molecule has 5 atom stereocenters. The van der Waals surface area contributed by atoms with Gasteiger partial charge in [-0.3, -0.25) is 0 Å². The van der Waals surface area contributed by atoms with Crippen molar-refractivity contribution in [2.24, 2.45) is 40.4 Å². The molecule has 5 unspecified atom stereocenters. The summed E-state index contributed by atoms with van der Waals surface area (Å²) in [6, 6.07) is 0. The topological polar surface area (TPSA) is 0 Å². The molecule has 2 fully saturated rings. The molecule has 17 heavy (non-hydrogen) atoms. The molecule has 0 heteroatoms. The van der Waals surface area contributed by atoms with Gasteiger partial charge in [-0.15, -0.1) is 0 Å². The molecular weight excluding hydrogens is 204 g/mol. The van der Waals surface area contributed by atoms with E-state index in [1.165, 1.54) is 19.3 Å². The van der Waals surface area contributed by atoms with Crippen LogP contribution < -0.4 is 0 Å². The minimum absolute atomic E-state index is 0.524. The van der Waals surface area contributed by atoms with E-state index in [0.29, 0.717) is 10.8 Å². The second-order valence-corrected chi connectivity index (χ2v) is 8.26. The Balaban J connectivity index is 2.32. The van der Waals surface area contributed by atoms with Gasteiger partial charge < -0.3 is 0 Å². The lowest BCUT2D eigenvalue weighted by molar-refractivity contribution is 0.0592. The molecule has 0 spiro atoms. The quantitative estimate of drug-likeness (QED) is 0.604. The summed E-state index contributed by atoms with van der Waals surface area (Å²) in [5.74, 6) is 4.83. The van der Waals surface area contributed by atoms with Gasteiger partial charge in [0.2, 0.25) is 0 Å². The monoisotopic (exact) mass is 236 g/mol. The summed E-state index contributed by atoms with van der Waals surface area (Å²) in [5, 5.41) is 0. The van der Waals surface area contributed by atoms with Crippen molar-refractivity contribution in [2.45, 2.75) is 67.7 Å². The van der Waals surface area contributed by atoms with Gasteiger partial charge in [0.05, 0.1) is 0 Å². The maximum atomic E-state index is 2.55. The van der Waals surface area contributed by atoms with Crippen LogP contribution in [0.1, 0.15) is 67.7 Å². The molecule has 0 aromatic rings. The molecule has 2 aliphatic carbocycles. The molecule has 0 bridgehead atoms. The number of hydrogen-bond acceptors (Lipinski definition) is 0. The van der Waals surface area contributed by atoms with Gasteiger partial charge in [0.1, 0.15) is 0 Å². The standard InChI is InChI=1S/C17H32/c1-8-11(2)13-9-12(3)14-10-16(4,5)17(6,7)15(13)14/h11-15H,8-10H2,1-7H3. The third-order valence-electron chi connectivity index (χ3n) is 7.00. The fourth-order valence-corrected chi connectivity index (χ4v) is 5.01. The van der Waals surface area contributed by atoms with Crippen LogP contribution in [0.25, 0.3) is 0 Å². The number of fused-ring (bicyclic) bond motifs is 1. The van der Waals surface area contributed by atoms with Gasteiger partial charge in [-0.05, 0) is 53.3 Å². The summed E-state index contributed by atoms with van der Waals surface area (Å²) in [7, 11) is 0. The molecule has 2 rings (SSSR count). The van der Waals surface area contributed by atoms with Crippen LogP contribution in [0.15, 0.2) is 0 Å². The summed E-state index contributed by atoms with van der Waals surface area (Å²) in [6.07, 6.45) is 4.31. The third-order valence-corrected chi connectivity index (χ3v) is 7.00. The van der Waals surface area contributed by atoms with Crippen molar-refractivity contribution in [1.29, 1.82) is 0 Å². The molecule has 0 N–H and O–H groups in total. The highest BCUT2D eigenvalue weighted by Crippen LogP contribution is 2.67. The smallest absolute Gasteiger partial charge is 0.0269 e. The second kappa shape index (κ2) is 4.00. The lowest BCUT2D eigenvalue weighted by Gasteiger charge is -2.43. The Kier molecular flexibility index (Phi) is 3.16. The predicted molar refractivity (Wildman–Crippen MR) is 75.9 cm³/mol. The molecule has 0 aromatic carbocycles. The van der Waals surface area contributed by atoms with Crippen molar-refractivity contribution >= 4 is 0 Å². The predicted octanol–water partition coefficient (Wildman–Crippen LogP) is 5.38. The first kappa shape index (κ1) is 13.4. The molecule has 100 valence electrons. The average molecular weight is 236 g/mol. The third kappa shape index (κ3) is 1.78. The molecule has 0 aromatic heterocycles. The summed E-state index contributed by atoms with van der Waals surface area (Å²) >= 11 is 0. The molecule has 0 amide bonds. The Bertz CT molecular complexity index is 286. The van der Waals surface area contributed by atoms with Crippen molar-refractivity contribution in [3.05, 3.63) is 0 Å². The minimum atomic E-state index is 0.524. The van der Waals surface area contributed by atoms with Crippen LogP contribution in [0.4, 0.5) is 0 Å². The van der Waals surface area contributed by atoms with E-state index >= 15 is 0 Å². The highest BCUT2D eigenvalue weighted by Gasteiger charge is 2.60. The SMILES string of the molecule is CCC(C)C1CC(C)C2CC(C)(C)C(C)(C)C12. The number of hydrogen-bond donors (Lipinski definition) is 0. The van der Waals surface area contributed by atoms with E-state index in [1.807, 2.05) is 0 Å². The Morgan fingerprint density at radius 3 is 2.29 bits per heavy atom. The Hall–Kier alpha value is 0. The van der Waals surface area contributed by atoms with Crippen LogP contribution in [0.3, 0.4) is 0 Å². The average Bonchev–Trinajstić information content (AvgIpc) is 2.63. The van der Waals surface area contributed by atoms with Crippen molar-refractivity contribution in [3.63, 3.8) is 0 Å². The van der Waals surface area contributed by atoms with Gasteiger partial charge in [0.25, 0.3) is 0 Å². The fourth-order valence-electron chi connectivity index (χ4n) is 5.01. The van der Waals surface area contributed by atoms with Crippen LogP contribution in [0.5, 0.6) is 0 Å². The summed E-state index contributed by atoms with van der Waals surface area (Å²) in [5.41, 5.74) is 1.05. The maximum Gasteiger partial charge on any atom is -0.0269 e. The molecule has 2 saturated carbocycles. The van der Waals surface area contributed by atoms with Crippen molar-refractivity contribution in [1.82, 2.24) is 0 Å². The van der Waals surface area contributed by atoms with Gasteiger partial charge in [-0.2, -0.15) is 0 Å². The zero-order chi connectivity index (χ0) is 13.0. The molecule has 2 aliphatic rings. The summed E-state index contributed by atoms with van der Waals surface area (Å²) in [4.78, 5) is 0. The molecule has 0 nitrogen and oxygen atoms in total. The molecule has 0 radical (unpaired) electrons. The Labute approximate surface area is 109 Å². The first-order valence-corrected chi connectivity index (χ1v) is 7.72. The molecule has 0 saturated heterocycles. The van der Waals surface area contributed by atoms with Crippen molar-refractivity contribution in [2.75, 3.05) is 0 Å². The normalized spacial score (nSPS) is 44.6. The summed E-state index contributed by atoms with van der Waals surface area (Å²) in [6.45, 7) is 17.5. The zero-order valence-electron chi connectivity index (χ0n) is 13.0. The van der Waals surface area contributed by atoms with E-state index in [4.69, 9.17) is 0 Å². The summed E-state index contributed by atoms with van der Waals surface area (Å²) < 4.78 is 0. The van der Waals surface area contributed by atoms with Crippen LogP contribution >= 0.6 is 0 Å². The zero-order valence-corrected chi connectivity index (χ0v) is 13.0. The van der Waals surface area contributed by atoms with Crippen LogP contribution in [0.2, 0.25) is 0 Å². The Morgan fingerprint density at radius 1 is 1.18 bits per heavy atom. The molecule has 0 heterocycles. The van der Waals surface area contributed by atoms with Crippen molar-refractivity contribution in [3.8, 4) is 0 Å². The highest BCUT2D eigenvalue weighted by atomic mass is 14.6. The van der Waals surface area contributed by atoms with Gasteiger partial charge in [-0.1, -0.05) is 54.9 Å². The van der Waals surface area contributed by atoms with Gasteiger partial charge in [-0.25, -0.2) is 0 Å². The van der Waals surface area contributed by atoms with Crippen LogP contribution in [0, 0.1) is 40.4 Å². The van der Waals surface area contributed by atoms with Gasteiger partial charge >= 0.3 is 0 Å². The maximum absolute atomic E-state index is 2.55. The number of rotatable bonds is 2. The van der Waals surface area contributed by atoms with E-state index in [1.54, 1.807) is 0 Å². The van der Waals surface area contributed by atoms with Crippen molar-refractivity contribution < 1.29 is 0 Å². The lowest BCUT2D eigenvalue weighted by atomic mass is 9.62. The van der Waals surface area contributed by atoms with E-state index in [2.05, 4.69) is 48.5 Å². The van der Waals surface area contributed by atoms with Crippen LogP contribution in [-0.4, -0.2) is 0 Å². The lowest BCUT2D eigenvalue weighted by Crippen LogP contribution is -2.36. The van der Waals surface area contributed by atoms with Gasteiger partial charge in [0.15, 0.2) is 0 Å². The molecular formula is C17H32. The highest BCUT2D eigenvalue weighted by molar-refractivity contribution is 5.09. The van der Waals surface area contributed by atoms with Gasteiger partial charge in [0, 0.05) is 0 Å². The first-order valence-electron chi connectivity index (χ1n) is 7.72. The second-order valence-electron chi connectivity index (χ2n) is 8.26. The molecule has 0 aliphatic heterocycles. The minimum Gasteiger partial charge on any atom is -0.0651 e. The largest absolute Gasteiger partial charge is 0.0651 e. The fraction of sp³-hybridized carbons (Fsp3) is 1.00. The Morgan fingerprint density at radius 2 is 1.76 bits per heavy atom. The van der Waals surface area contributed by atoms with E-state index in [0.717, 1.165) is 29.6 Å².